The van der Waals surface area contributed by atoms with Crippen LogP contribution in [0.15, 0.2) is 65.6 Å². The highest BCUT2D eigenvalue weighted by Gasteiger charge is 2.18. The fourth-order valence-corrected chi connectivity index (χ4v) is 4.21. The molecule has 150 valence electrons. The second kappa shape index (κ2) is 8.63. The molecule has 0 saturated heterocycles. The van der Waals surface area contributed by atoms with Gasteiger partial charge < -0.3 is 5.32 Å². The number of nitrogens with one attached hydrogen (secondary N) is 2. The zero-order chi connectivity index (χ0) is 21.2. The lowest BCUT2D eigenvalue weighted by Gasteiger charge is -2.13. The first-order chi connectivity index (χ1) is 13.7. The van der Waals surface area contributed by atoms with E-state index in [2.05, 4.69) is 10.0 Å². The molecule has 29 heavy (non-hydrogen) atoms. The Labute approximate surface area is 183 Å². The van der Waals surface area contributed by atoms with Gasteiger partial charge in [0.25, 0.3) is 15.9 Å². The number of carbonyl (C=O) groups excluding carboxylic acids is 1. The lowest BCUT2D eigenvalue weighted by molar-refractivity contribution is 0.102. The van der Waals surface area contributed by atoms with Gasteiger partial charge in [-0.25, -0.2) is 8.42 Å². The van der Waals surface area contributed by atoms with Crippen LogP contribution >= 0.6 is 34.8 Å². The van der Waals surface area contributed by atoms with Gasteiger partial charge in [-0.1, -0.05) is 40.9 Å². The van der Waals surface area contributed by atoms with Gasteiger partial charge in [0, 0.05) is 16.3 Å². The third kappa shape index (κ3) is 5.03. The van der Waals surface area contributed by atoms with Crippen LogP contribution in [0.2, 0.25) is 15.1 Å². The van der Waals surface area contributed by atoms with E-state index in [1.165, 1.54) is 24.3 Å². The second-order valence-electron chi connectivity index (χ2n) is 6.14. The van der Waals surface area contributed by atoms with Crippen LogP contribution in [-0.2, 0) is 10.0 Å². The molecule has 2 N–H and O–H groups in total. The van der Waals surface area contributed by atoms with E-state index in [0.717, 1.165) is 0 Å². The summed E-state index contributed by atoms with van der Waals surface area (Å²) in [4.78, 5) is 12.4. The van der Waals surface area contributed by atoms with Crippen molar-refractivity contribution in [3.63, 3.8) is 0 Å². The first kappa shape index (κ1) is 21.5. The van der Waals surface area contributed by atoms with Crippen molar-refractivity contribution in [3.8, 4) is 0 Å². The number of rotatable bonds is 5. The van der Waals surface area contributed by atoms with Crippen molar-refractivity contribution < 1.29 is 13.2 Å². The Hall–Kier alpha value is -2.25. The first-order valence-corrected chi connectivity index (χ1v) is 10.9. The van der Waals surface area contributed by atoms with Crippen molar-refractivity contribution in [3.05, 3.63) is 86.9 Å². The van der Waals surface area contributed by atoms with Gasteiger partial charge >= 0.3 is 0 Å². The highest BCUT2D eigenvalue weighted by atomic mass is 35.5. The molecule has 0 bridgehead atoms. The van der Waals surface area contributed by atoms with E-state index < -0.39 is 10.0 Å². The van der Waals surface area contributed by atoms with Crippen molar-refractivity contribution in [2.45, 2.75) is 11.8 Å². The Balaban J connectivity index is 1.82. The summed E-state index contributed by atoms with van der Waals surface area (Å²) >= 11 is 17.8. The minimum atomic E-state index is -3.90. The van der Waals surface area contributed by atoms with Crippen LogP contribution in [0.1, 0.15) is 15.9 Å². The smallest absolute Gasteiger partial charge is 0.261 e. The molecule has 0 spiro atoms. The Morgan fingerprint density at radius 1 is 0.897 bits per heavy atom. The fraction of sp³-hybridized carbons (Fsp3) is 0.0500. The van der Waals surface area contributed by atoms with Crippen LogP contribution < -0.4 is 10.0 Å². The van der Waals surface area contributed by atoms with Crippen molar-refractivity contribution in [1.82, 2.24) is 0 Å². The predicted molar refractivity (Wildman–Crippen MR) is 118 cm³/mol. The fourth-order valence-electron chi connectivity index (χ4n) is 2.53. The molecule has 0 aliphatic rings. The normalized spacial score (nSPS) is 11.2. The molecule has 0 aliphatic carbocycles. The third-order valence-corrected chi connectivity index (χ3v) is 6.49. The molecule has 3 aromatic rings. The van der Waals surface area contributed by atoms with Crippen molar-refractivity contribution in [1.29, 1.82) is 0 Å². The van der Waals surface area contributed by atoms with Crippen molar-refractivity contribution >= 4 is 62.1 Å². The zero-order valence-electron chi connectivity index (χ0n) is 15.0. The number of aryl methyl sites for hydroxylation is 1. The number of amides is 1. The van der Waals surface area contributed by atoms with Gasteiger partial charge in [0.2, 0.25) is 0 Å². The number of sulfonamides is 1. The molecule has 5 nitrogen and oxygen atoms in total. The van der Waals surface area contributed by atoms with Crippen molar-refractivity contribution in [2.75, 3.05) is 10.0 Å². The molecule has 0 radical (unpaired) electrons. The minimum absolute atomic E-state index is 0.0236. The van der Waals surface area contributed by atoms with E-state index in [0.29, 0.717) is 21.8 Å². The average molecular weight is 470 g/mol. The minimum Gasteiger partial charge on any atom is -0.322 e. The summed E-state index contributed by atoms with van der Waals surface area (Å²) < 4.78 is 27.8. The summed E-state index contributed by atoms with van der Waals surface area (Å²) in [5.41, 5.74) is 1.68. The average Bonchev–Trinajstić information content (AvgIpc) is 2.67. The molecule has 0 atom stereocenters. The summed E-state index contributed by atoms with van der Waals surface area (Å²) in [5, 5.41) is 3.63. The molecule has 0 heterocycles. The van der Waals surface area contributed by atoms with E-state index >= 15 is 0 Å². The van der Waals surface area contributed by atoms with Crippen molar-refractivity contribution in [2.24, 2.45) is 0 Å². The van der Waals surface area contributed by atoms with Crippen LogP contribution in [0.25, 0.3) is 0 Å². The molecule has 0 saturated carbocycles. The highest BCUT2D eigenvalue weighted by Crippen LogP contribution is 2.31. The van der Waals surface area contributed by atoms with Gasteiger partial charge in [-0.3, -0.25) is 9.52 Å². The standard InChI is InChI=1S/C20H15Cl3N2O3S/c1-12-11-15(29(27,28)25-18-4-2-3-16(22)19(18)23)9-10-17(12)24-20(26)13-5-7-14(21)8-6-13/h2-11,25H,1H3,(H,24,26). The predicted octanol–water partition coefficient (Wildman–Crippen LogP) is 6.01. The van der Waals surface area contributed by atoms with E-state index in [9.17, 15) is 13.2 Å². The highest BCUT2D eigenvalue weighted by molar-refractivity contribution is 7.92. The SMILES string of the molecule is Cc1cc(S(=O)(=O)Nc2cccc(Cl)c2Cl)ccc1NC(=O)c1ccc(Cl)cc1. The van der Waals surface area contributed by atoms with Crippen LogP contribution in [-0.4, -0.2) is 14.3 Å². The number of halogens is 3. The number of hydrogen-bond donors (Lipinski definition) is 2. The molecular formula is C20H15Cl3N2O3S. The summed E-state index contributed by atoms with van der Waals surface area (Å²) in [6.07, 6.45) is 0. The topological polar surface area (TPSA) is 75.3 Å². The molecule has 0 aliphatic heterocycles. The van der Waals surface area contributed by atoms with Gasteiger partial charge in [-0.2, -0.15) is 0 Å². The Morgan fingerprint density at radius 3 is 2.24 bits per heavy atom. The summed E-state index contributed by atoms with van der Waals surface area (Å²) in [6.45, 7) is 1.70. The molecular weight excluding hydrogens is 455 g/mol. The van der Waals surface area contributed by atoms with Gasteiger partial charge in [-0.15, -0.1) is 0 Å². The summed E-state index contributed by atoms with van der Waals surface area (Å²) in [5.74, 6) is -0.329. The summed E-state index contributed by atoms with van der Waals surface area (Å²) in [7, 11) is -3.90. The van der Waals surface area contributed by atoms with E-state index in [4.69, 9.17) is 34.8 Å². The Bertz CT molecular complexity index is 1180. The summed E-state index contributed by atoms with van der Waals surface area (Å²) in [6, 6.07) is 15.5. The first-order valence-electron chi connectivity index (χ1n) is 8.32. The lowest BCUT2D eigenvalue weighted by Crippen LogP contribution is -2.15. The van der Waals surface area contributed by atoms with Gasteiger partial charge in [0.1, 0.15) is 0 Å². The maximum Gasteiger partial charge on any atom is 0.261 e. The van der Waals surface area contributed by atoms with Crippen LogP contribution in [0.3, 0.4) is 0 Å². The van der Waals surface area contributed by atoms with Crippen LogP contribution in [0.4, 0.5) is 11.4 Å². The molecule has 9 heteroatoms. The molecule has 1 amide bonds. The maximum atomic E-state index is 12.7. The van der Waals surface area contributed by atoms with Crippen LogP contribution in [0, 0.1) is 6.92 Å². The number of carbonyl (C=O) groups is 1. The Kier molecular flexibility index (Phi) is 6.39. The van der Waals surface area contributed by atoms with E-state index in [1.807, 2.05) is 0 Å². The van der Waals surface area contributed by atoms with E-state index in [1.54, 1.807) is 43.3 Å². The van der Waals surface area contributed by atoms with Gasteiger partial charge in [-0.05, 0) is 67.1 Å². The largest absolute Gasteiger partial charge is 0.322 e. The quantitative estimate of drug-likeness (QED) is 0.480. The molecule has 3 aromatic carbocycles. The number of hydrogen-bond acceptors (Lipinski definition) is 3. The van der Waals surface area contributed by atoms with Crippen LogP contribution in [0.5, 0.6) is 0 Å². The number of benzene rings is 3. The molecule has 0 unspecified atom stereocenters. The lowest BCUT2D eigenvalue weighted by atomic mass is 10.1. The monoisotopic (exact) mass is 468 g/mol. The Morgan fingerprint density at radius 2 is 1.59 bits per heavy atom. The number of anilines is 2. The third-order valence-electron chi connectivity index (χ3n) is 4.06. The molecule has 0 aromatic heterocycles. The van der Waals surface area contributed by atoms with Gasteiger partial charge in [0.05, 0.1) is 20.6 Å². The maximum absolute atomic E-state index is 12.7. The van der Waals surface area contributed by atoms with Gasteiger partial charge in [0.15, 0.2) is 0 Å². The second-order valence-corrected chi connectivity index (χ2v) is 9.05. The zero-order valence-corrected chi connectivity index (χ0v) is 18.1. The molecule has 0 fully saturated rings. The van der Waals surface area contributed by atoms with E-state index in [-0.39, 0.29) is 26.5 Å². The molecule has 3 rings (SSSR count).